The fourth-order valence-corrected chi connectivity index (χ4v) is 2.10. The Morgan fingerprint density at radius 1 is 1.00 bits per heavy atom. The summed E-state index contributed by atoms with van der Waals surface area (Å²) in [4.78, 5) is 8.47. The molecule has 2 heterocycles. The molecule has 0 unspecified atom stereocenters. The molecule has 90 valence electrons. The molecule has 0 fully saturated rings. The molecule has 0 aliphatic carbocycles. The Morgan fingerprint density at radius 3 is 2.63 bits per heavy atom. The molecule has 0 saturated carbocycles. The van der Waals surface area contributed by atoms with Crippen molar-refractivity contribution in [1.82, 2.24) is 9.97 Å². The summed E-state index contributed by atoms with van der Waals surface area (Å²) in [6.07, 6.45) is 3.40. The van der Waals surface area contributed by atoms with Gasteiger partial charge >= 0.3 is 0 Å². The van der Waals surface area contributed by atoms with E-state index in [1.807, 2.05) is 37.3 Å². The smallest absolute Gasteiger partial charge is 0.101 e. The zero-order valence-electron chi connectivity index (χ0n) is 10.5. The number of aryl methyl sites for hydroxylation is 1. The summed E-state index contributed by atoms with van der Waals surface area (Å²) in [6.45, 7) is 1.97. The molecule has 3 aromatic rings. The molecule has 3 nitrogen and oxygen atoms in total. The maximum absolute atomic E-state index is 8.92. The highest BCUT2D eigenvalue weighted by Gasteiger charge is 2.02. The summed E-state index contributed by atoms with van der Waals surface area (Å²) in [6, 6.07) is 14.1. The van der Waals surface area contributed by atoms with Crippen molar-refractivity contribution in [2.75, 3.05) is 0 Å². The molecule has 0 spiro atoms. The first-order valence-corrected chi connectivity index (χ1v) is 5.99. The number of pyridine rings is 2. The van der Waals surface area contributed by atoms with Crippen LogP contribution < -0.4 is 0 Å². The van der Waals surface area contributed by atoms with Crippen LogP contribution >= 0.6 is 0 Å². The van der Waals surface area contributed by atoms with Crippen LogP contribution in [0.2, 0.25) is 0 Å². The lowest BCUT2D eigenvalue weighted by molar-refractivity contribution is 1.20. The summed E-state index contributed by atoms with van der Waals surface area (Å²) in [5.41, 5.74) is 4.69. The first-order chi connectivity index (χ1) is 9.26. The molecule has 3 rings (SSSR count). The van der Waals surface area contributed by atoms with Crippen LogP contribution in [0.5, 0.6) is 0 Å². The zero-order chi connectivity index (χ0) is 13.2. The van der Waals surface area contributed by atoms with Crippen molar-refractivity contribution >= 4 is 10.9 Å². The van der Waals surface area contributed by atoms with E-state index in [2.05, 4.69) is 22.1 Å². The second-order valence-electron chi connectivity index (χ2n) is 4.43. The minimum absolute atomic E-state index is 0.579. The average Bonchev–Trinajstić information content (AvgIpc) is 2.46. The van der Waals surface area contributed by atoms with Crippen molar-refractivity contribution in [2.45, 2.75) is 6.92 Å². The Balaban J connectivity index is 2.18. The zero-order valence-corrected chi connectivity index (χ0v) is 10.5. The number of fused-ring (bicyclic) bond motifs is 1. The standard InChI is InChI=1S/C16H11N3/c1-11-6-14(4-5-18-11)13-2-3-16-15(8-13)7-12(9-17)10-19-16/h2-8,10H,1H3. The van der Waals surface area contributed by atoms with Gasteiger partial charge in [-0.25, -0.2) is 0 Å². The van der Waals surface area contributed by atoms with Crippen LogP contribution in [-0.2, 0) is 0 Å². The summed E-state index contributed by atoms with van der Waals surface area (Å²) < 4.78 is 0. The number of benzene rings is 1. The van der Waals surface area contributed by atoms with E-state index in [-0.39, 0.29) is 0 Å². The van der Waals surface area contributed by atoms with Crippen molar-refractivity contribution in [2.24, 2.45) is 0 Å². The highest BCUT2D eigenvalue weighted by atomic mass is 14.7. The third-order valence-corrected chi connectivity index (χ3v) is 3.04. The molecular formula is C16H11N3. The number of hydrogen-bond donors (Lipinski definition) is 0. The second kappa shape index (κ2) is 4.51. The van der Waals surface area contributed by atoms with Crippen LogP contribution in [0.3, 0.4) is 0 Å². The molecule has 0 atom stereocenters. The molecular weight excluding hydrogens is 234 g/mol. The molecule has 0 amide bonds. The van der Waals surface area contributed by atoms with Crippen LogP contribution in [0.15, 0.2) is 48.8 Å². The fraction of sp³-hybridized carbons (Fsp3) is 0.0625. The predicted molar refractivity (Wildman–Crippen MR) is 74.4 cm³/mol. The average molecular weight is 245 g/mol. The molecule has 0 N–H and O–H groups in total. The maximum Gasteiger partial charge on any atom is 0.101 e. The van der Waals surface area contributed by atoms with Crippen LogP contribution in [0.4, 0.5) is 0 Å². The topological polar surface area (TPSA) is 49.6 Å². The van der Waals surface area contributed by atoms with Gasteiger partial charge in [0.25, 0.3) is 0 Å². The SMILES string of the molecule is Cc1cc(-c2ccc3ncc(C#N)cc3c2)ccn1. The van der Waals surface area contributed by atoms with Gasteiger partial charge in [0, 0.05) is 23.5 Å². The van der Waals surface area contributed by atoms with Gasteiger partial charge in [0.1, 0.15) is 6.07 Å². The molecule has 0 aliphatic rings. The van der Waals surface area contributed by atoms with E-state index in [1.54, 1.807) is 12.4 Å². The molecule has 3 heteroatoms. The normalized spacial score (nSPS) is 10.3. The summed E-state index contributed by atoms with van der Waals surface area (Å²) in [5.74, 6) is 0. The molecule has 0 radical (unpaired) electrons. The van der Waals surface area contributed by atoms with Gasteiger partial charge in [-0.05, 0) is 48.4 Å². The first-order valence-electron chi connectivity index (χ1n) is 5.99. The van der Waals surface area contributed by atoms with E-state index in [1.165, 1.54) is 0 Å². The Bertz CT molecular complexity index is 800. The number of nitriles is 1. The van der Waals surface area contributed by atoms with E-state index in [4.69, 9.17) is 5.26 Å². The van der Waals surface area contributed by atoms with Gasteiger partial charge in [-0.2, -0.15) is 5.26 Å². The number of hydrogen-bond acceptors (Lipinski definition) is 3. The van der Waals surface area contributed by atoms with Crippen molar-refractivity contribution in [3.8, 4) is 17.2 Å². The highest BCUT2D eigenvalue weighted by Crippen LogP contribution is 2.24. The van der Waals surface area contributed by atoms with Crippen LogP contribution in [0, 0.1) is 18.3 Å². The van der Waals surface area contributed by atoms with Crippen molar-refractivity contribution in [1.29, 1.82) is 5.26 Å². The van der Waals surface area contributed by atoms with Gasteiger partial charge in [0.05, 0.1) is 11.1 Å². The lowest BCUT2D eigenvalue weighted by Crippen LogP contribution is -1.85. The van der Waals surface area contributed by atoms with Gasteiger partial charge in [-0.3, -0.25) is 9.97 Å². The quantitative estimate of drug-likeness (QED) is 0.659. The molecule has 0 bridgehead atoms. The van der Waals surface area contributed by atoms with Gasteiger partial charge in [0.15, 0.2) is 0 Å². The summed E-state index contributed by atoms with van der Waals surface area (Å²) in [5, 5.41) is 9.90. The number of rotatable bonds is 1. The molecule has 0 saturated heterocycles. The van der Waals surface area contributed by atoms with E-state index in [0.29, 0.717) is 5.56 Å². The van der Waals surface area contributed by atoms with Crippen molar-refractivity contribution in [3.05, 3.63) is 60.0 Å². The monoisotopic (exact) mass is 245 g/mol. The summed E-state index contributed by atoms with van der Waals surface area (Å²) >= 11 is 0. The lowest BCUT2D eigenvalue weighted by atomic mass is 10.0. The predicted octanol–water partition coefficient (Wildman–Crippen LogP) is 3.48. The van der Waals surface area contributed by atoms with Gasteiger partial charge in [0.2, 0.25) is 0 Å². The van der Waals surface area contributed by atoms with E-state index < -0.39 is 0 Å². The minimum Gasteiger partial charge on any atom is -0.262 e. The van der Waals surface area contributed by atoms with E-state index in [9.17, 15) is 0 Å². The second-order valence-corrected chi connectivity index (χ2v) is 4.43. The Hall–Kier alpha value is -2.73. The van der Waals surface area contributed by atoms with Crippen molar-refractivity contribution in [3.63, 3.8) is 0 Å². The van der Waals surface area contributed by atoms with Gasteiger partial charge in [-0.1, -0.05) is 6.07 Å². The third-order valence-electron chi connectivity index (χ3n) is 3.04. The Kier molecular flexibility index (Phi) is 2.70. The number of aromatic nitrogens is 2. The minimum atomic E-state index is 0.579. The Morgan fingerprint density at radius 2 is 1.84 bits per heavy atom. The van der Waals surface area contributed by atoms with Crippen molar-refractivity contribution < 1.29 is 0 Å². The summed E-state index contributed by atoms with van der Waals surface area (Å²) in [7, 11) is 0. The van der Waals surface area contributed by atoms with Gasteiger partial charge < -0.3 is 0 Å². The molecule has 19 heavy (non-hydrogen) atoms. The lowest BCUT2D eigenvalue weighted by Gasteiger charge is -2.04. The Labute approximate surface area is 111 Å². The highest BCUT2D eigenvalue weighted by molar-refractivity contribution is 5.85. The maximum atomic E-state index is 8.92. The van der Waals surface area contributed by atoms with Crippen LogP contribution in [0.1, 0.15) is 11.3 Å². The van der Waals surface area contributed by atoms with Gasteiger partial charge in [-0.15, -0.1) is 0 Å². The van der Waals surface area contributed by atoms with Crippen LogP contribution in [-0.4, -0.2) is 9.97 Å². The molecule has 0 aliphatic heterocycles. The van der Waals surface area contributed by atoms with Crippen LogP contribution in [0.25, 0.3) is 22.0 Å². The first kappa shape index (κ1) is 11.4. The van der Waals surface area contributed by atoms with E-state index >= 15 is 0 Å². The third kappa shape index (κ3) is 2.16. The molecule has 2 aromatic heterocycles. The fourth-order valence-electron chi connectivity index (χ4n) is 2.10. The van der Waals surface area contributed by atoms with E-state index in [0.717, 1.165) is 27.7 Å². The number of nitrogens with zero attached hydrogens (tertiary/aromatic N) is 3. The largest absolute Gasteiger partial charge is 0.262 e. The molecule has 1 aromatic carbocycles.